The molecule has 5 nitrogen and oxygen atoms in total. The van der Waals surface area contributed by atoms with Crippen LogP contribution in [0.2, 0.25) is 0 Å². The van der Waals surface area contributed by atoms with E-state index in [1.807, 2.05) is 48.5 Å². The molecule has 4 atom stereocenters. The van der Waals surface area contributed by atoms with E-state index in [4.69, 9.17) is 9.47 Å². The fourth-order valence-electron chi connectivity index (χ4n) is 5.21. The van der Waals surface area contributed by atoms with E-state index in [2.05, 4.69) is 5.32 Å². The van der Waals surface area contributed by atoms with Crippen molar-refractivity contribution < 1.29 is 19.1 Å². The molecule has 28 heavy (non-hydrogen) atoms. The highest BCUT2D eigenvalue weighted by Gasteiger charge is 2.70. The van der Waals surface area contributed by atoms with Gasteiger partial charge in [-0.15, -0.1) is 0 Å². The predicted molar refractivity (Wildman–Crippen MR) is 103 cm³/mol. The Bertz CT molecular complexity index is 955. The molecule has 2 aromatic carbocycles. The summed E-state index contributed by atoms with van der Waals surface area (Å²) in [4.78, 5) is 25.5. The van der Waals surface area contributed by atoms with Crippen molar-refractivity contribution in [1.82, 2.24) is 5.32 Å². The minimum absolute atomic E-state index is 0.0579. The lowest BCUT2D eigenvalue weighted by Crippen LogP contribution is -2.44. The van der Waals surface area contributed by atoms with Crippen LogP contribution in [0.15, 0.2) is 48.5 Å². The number of carbonyl (C=O) groups excluding carboxylic acids is 2. The molecule has 2 aliphatic carbocycles. The molecule has 2 aromatic rings. The maximum atomic E-state index is 12.8. The van der Waals surface area contributed by atoms with Crippen LogP contribution in [0.4, 0.5) is 0 Å². The summed E-state index contributed by atoms with van der Waals surface area (Å²) in [6, 6.07) is 15.1. The molecule has 0 aromatic heterocycles. The van der Waals surface area contributed by atoms with Gasteiger partial charge in [-0.1, -0.05) is 24.3 Å². The molecule has 0 bridgehead atoms. The number of amides is 1. The monoisotopic (exact) mass is 377 g/mol. The third-order valence-electron chi connectivity index (χ3n) is 6.54. The van der Waals surface area contributed by atoms with E-state index in [0.717, 1.165) is 24.2 Å². The van der Waals surface area contributed by atoms with Gasteiger partial charge in [-0.05, 0) is 48.6 Å². The first-order chi connectivity index (χ1) is 13.6. The third kappa shape index (κ3) is 2.68. The van der Waals surface area contributed by atoms with Gasteiger partial charge in [-0.3, -0.25) is 9.59 Å². The van der Waals surface area contributed by atoms with Crippen LogP contribution in [0.5, 0.6) is 11.5 Å². The van der Waals surface area contributed by atoms with Crippen molar-refractivity contribution in [3.63, 3.8) is 0 Å². The number of ketones is 1. The van der Waals surface area contributed by atoms with Gasteiger partial charge in [-0.2, -0.15) is 0 Å². The lowest BCUT2D eigenvalue weighted by molar-refractivity contribution is -0.124. The molecule has 0 unspecified atom stereocenters. The number of para-hydroxylation sites is 1. The SMILES string of the molecule is COc1cccc(CNC(=O)[C@H]2[C@@H]3CC[C@@]4(CC(=O)c5ccccc5O4)[C@@H]32)c1. The van der Waals surface area contributed by atoms with Crippen molar-refractivity contribution in [3.05, 3.63) is 59.7 Å². The lowest BCUT2D eigenvalue weighted by atomic mass is 9.84. The molecule has 144 valence electrons. The Hall–Kier alpha value is -2.82. The Kier molecular flexibility index (Phi) is 3.93. The number of nitrogens with one attached hydrogen (secondary N) is 1. The number of benzene rings is 2. The number of methoxy groups -OCH3 is 1. The zero-order valence-electron chi connectivity index (χ0n) is 15.8. The van der Waals surface area contributed by atoms with E-state index in [9.17, 15) is 9.59 Å². The molecule has 1 heterocycles. The van der Waals surface area contributed by atoms with Crippen LogP contribution in [0.3, 0.4) is 0 Å². The number of rotatable bonds is 4. The van der Waals surface area contributed by atoms with Crippen LogP contribution in [-0.2, 0) is 11.3 Å². The zero-order chi connectivity index (χ0) is 19.3. The molecule has 1 aliphatic heterocycles. The number of ether oxygens (including phenoxy) is 2. The Morgan fingerprint density at radius 1 is 1.25 bits per heavy atom. The van der Waals surface area contributed by atoms with Gasteiger partial charge in [0.1, 0.15) is 17.1 Å². The summed E-state index contributed by atoms with van der Waals surface area (Å²) in [5.41, 5.74) is 1.16. The van der Waals surface area contributed by atoms with Crippen molar-refractivity contribution in [2.24, 2.45) is 17.8 Å². The van der Waals surface area contributed by atoms with Gasteiger partial charge in [0.2, 0.25) is 5.91 Å². The molecule has 2 fully saturated rings. The molecule has 5 heteroatoms. The summed E-state index contributed by atoms with van der Waals surface area (Å²) < 4.78 is 11.6. The van der Waals surface area contributed by atoms with Crippen LogP contribution in [-0.4, -0.2) is 24.4 Å². The van der Waals surface area contributed by atoms with Crippen molar-refractivity contribution >= 4 is 11.7 Å². The average molecular weight is 377 g/mol. The number of carbonyl (C=O) groups is 2. The first-order valence-electron chi connectivity index (χ1n) is 9.83. The second-order valence-electron chi connectivity index (χ2n) is 8.09. The summed E-state index contributed by atoms with van der Waals surface area (Å²) in [6.07, 6.45) is 2.17. The first-order valence-corrected chi connectivity index (χ1v) is 9.83. The highest BCUT2D eigenvalue weighted by molar-refractivity contribution is 6.00. The molecule has 2 saturated carbocycles. The maximum Gasteiger partial charge on any atom is 0.224 e. The van der Waals surface area contributed by atoms with Crippen molar-refractivity contribution in [3.8, 4) is 11.5 Å². The van der Waals surface area contributed by atoms with E-state index in [-0.39, 0.29) is 23.5 Å². The van der Waals surface area contributed by atoms with Crippen molar-refractivity contribution in [2.75, 3.05) is 7.11 Å². The zero-order valence-corrected chi connectivity index (χ0v) is 15.8. The van der Waals surface area contributed by atoms with Crippen LogP contribution in [0.1, 0.15) is 35.2 Å². The normalized spacial score (nSPS) is 29.6. The predicted octanol–water partition coefficient (Wildman–Crippen LogP) is 3.37. The fraction of sp³-hybridized carbons (Fsp3) is 0.391. The van der Waals surface area contributed by atoms with Gasteiger partial charge < -0.3 is 14.8 Å². The van der Waals surface area contributed by atoms with E-state index < -0.39 is 5.60 Å². The number of Topliss-reactive ketones (excluding diaryl/α,β-unsaturated/α-hetero) is 1. The quantitative estimate of drug-likeness (QED) is 0.887. The van der Waals surface area contributed by atoms with Gasteiger partial charge in [0.05, 0.1) is 19.1 Å². The van der Waals surface area contributed by atoms with Crippen LogP contribution in [0.25, 0.3) is 0 Å². The van der Waals surface area contributed by atoms with Crippen LogP contribution >= 0.6 is 0 Å². The van der Waals surface area contributed by atoms with Crippen LogP contribution < -0.4 is 14.8 Å². The van der Waals surface area contributed by atoms with E-state index >= 15 is 0 Å². The van der Waals surface area contributed by atoms with Gasteiger partial charge in [0, 0.05) is 18.4 Å². The Labute approximate surface area is 164 Å². The van der Waals surface area contributed by atoms with E-state index in [0.29, 0.717) is 30.2 Å². The van der Waals surface area contributed by atoms with Crippen LogP contribution in [0, 0.1) is 17.8 Å². The molecule has 1 spiro atoms. The molecule has 1 N–H and O–H groups in total. The Balaban J connectivity index is 1.28. The molecule has 3 aliphatic rings. The number of fused-ring (bicyclic) bond motifs is 3. The minimum atomic E-state index is -0.506. The molecule has 1 amide bonds. The van der Waals surface area contributed by atoms with E-state index in [1.165, 1.54) is 0 Å². The average Bonchev–Trinajstić information content (AvgIpc) is 3.37. The molecular formula is C23H23NO4. The highest BCUT2D eigenvalue weighted by Crippen LogP contribution is 2.65. The summed E-state index contributed by atoms with van der Waals surface area (Å²) in [7, 11) is 1.63. The lowest BCUT2D eigenvalue weighted by Gasteiger charge is -2.37. The third-order valence-corrected chi connectivity index (χ3v) is 6.54. The summed E-state index contributed by atoms with van der Waals surface area (Å²) in [6.45, 7) is 0.474. The van der Waals surface area contributed by atoms with E-state index in [1.54, 1.807) is 7.11 Å². The number of hydrogen-bond donors (Lipinski definition) is 1. The van der Waals surface area contributed by atoms with Gasteiger partial charge in [0.25, 0.3) is 0 Å². The standard InChI is InChI=1S/C23H23NO4/c1-27-15-6-4-5-14(11-15)13-24-22(26)20-17-9-10-23(21(17)20)12-18(25)16-7-2-3-8-19(16)28-23/h2-8,11,17,20-21H,9-10,12-13H2,1H3,(H,24,26)/t17-,20-,21-,23+/m0/s1. The van der Waals surface area contributed by atoms with Gasteiger partial charge >= 0.3 is 0 Å². The topological polar surface area (TPSA) is 64.6 Å². The molecule has 5 rings (SSSR count). The second kappa shape index (κ2) is 6.36. The first kappa shape index (κ1) is 17.3. The fourth-order valence-corrected chi connectivity index (χ4v) is 5.21. The maximum absolute atomic E-state index is 12.8. The largest absolute Gasteiger partial charge is 0.497 e. The Morgan fingerprint density at radius 3 is 2.96 bits per heavy atom. The summed E-state index contributed by atoms with van der Waals surface area (Å²) >= 11 is 0. The minimum Gasteiger partial charge on any atom is -0.497 e. The summed E-state index contributed by atoms with van der Waals surface area (Å²) in [5, 5.41) is 3.06. The Morgan fingerprint density at radius 2 is 2.11 bits per heavy atom. The van der Waals surface area contributed by atoms with Crippen molar-refractivity contribution in [2.45, 2.75) is 31.4 Å². The molecule has 0 radical (unpaired) electrons. The number of hydrogen-bond acceptors (Lipinski definition) is 4. The second-order valence-corrected chi connectivity index (χ2v) is 8.09. The van der Waals surface area contributed by atoms with Gasteiger partial charge in [0.15, 0.2) is 5.78 Å². The highest BCUT2D eigenvalue weighted by atomic mass is 16.5. The smallest absolute Gasteiger partial charge is 0.224 e. The summed E-state index contributed by atoms with van der Waals surface area (Å²) in [5.74, 6) is 2.04. The van der Waals surface area contributed by atoms with Gasteiger partial charge in [-0.25, -0.2) is 0 Å². The molecular weight excluding hydrogens is 354 g/mol. The molecule has 0 saturated heterocycles. The van der Waals surface area contributed by atoms with Crippen molar-refractivity contribution in [1.29, 1.82) is 0 Å².